The first-order chi connectivity index (χ1) is 6.73. The van der Waals surface area contributed by atoms with Crippen LogP contribution in [0.15, 0.2) is 12.2 Å². The number of carbonyl (C=O) groups is 2. The monoisotopic (exact) mass is 214 g/mol. The van der Waals surface area contributed by atoms with Crippen LogP contribution in [0.2, 0.25) is 0 Å². The zero-order chi connectivity index (χ0) is 12.1. The van der Waals surface area contributed by atoms with Crippen molar-refractivity contribution >= 4 is 11.9 Å². The Bertz CT molecular complexity index is 264. The summed E-state index contributed by atoms with van der Waals surface area (Å²) in [5.74, 6) is -1.37. The van der Waals surface area contributed by atoms with Crippen LogP contribution in [0, 0.1) is 5.92 Å². The Labute approximate surface area is 89.9 Å². The molecule has 86 valence electrons. The Balaban J connectivity index is 4.21. The van der Waals surface area contributed by atoms with Gasteiger partial charge in [0.05, 0.1) is 0 Å². The van der Waals surface area contributed by atoms with E-state index in [0.29, 0.717) is 5.92 Å². The highest BCUT2D eigenvalue weighted by molar-refractivity contribution is 5.90. The van der Waals surface area contributed by atoms with Gasteiger partial charge in [0.25, 0.3) is 0 Å². The highest BCUT2D eigenvalue weighted by Gasteiger charge is 2.22. The van der Waals surface area contributed by atoms with E-state index in [1.54, 1.807) is 13.8 Å². The van der Waals surface area contributed by atoms with Crippen LogP contribution < -0.4 is 0 Å². The third-order valence-electron chi connectivity index (χ3n) is 1.64. The second-order valence-corrected chi connectivity index (χ2v) is 4.45. The summed E-state index contributed by atoms with van der Waals surface area (Å²) in [6, 6.07) is 0. The number of carbonyl (C=O) groups excluding carboxylic acids is 1. The van der Waals surface area contributed by atoms with Crippen molar-refractivity contribution in [1.82, 2.24) is 0 Å². The van der Waals surface area contributed by atoms with Gasteiger partial charge in [-0.25, -0.2) is 9.59 Å². The molecule has 0 radical (unpaired) electrons. The summed E-state index contributed by atoms with van der Waals surface area (Å²) in [5, 5.41) is 8.31. The van der Waals surface area contributed by atoms with Crippen LogP contribution in [-0.2, 0) is 14.3 Å². The summed E-state index contributed by atoms with van der Waals surface area (Å²) in [6.45, 7) is 7.67. The Kier molecular flexibility index (Phi) is 5.05. The molecular weight excluding hydrogens is 196 g/mol. The quantitative estimate of drug-likeness (QED) is 0.561. The van der Waals surface area contributed by atoms with Crippen molar-refractivity contribution in [3.05, 3.63) is 12.2 Å². The van der Waals surface area contributed by atoms with Gasteiger partial charge in [0.2, 0.25) is 0 Å². The van der Waals surface area contributed by atoms with Gasteiger partial charge in [-0.3, -0.25) is 0 Å². The fraction of sp³-hybridized carbons (Fsp3) is 0.636. The molecule has 0 aliphatic carbocycles. The van der Waals surface area contributed by atoms with Crippen LogP contribution in [0.3, 0.4) is 0 Å². The molecule has 0 aromatic heterocycles. The van der Waals surface area contributed by atoms with E-state index in [2.05, 4.69) is 0 Å². The molecule has 0 aliphatic rings. The number of ether oxygens (including phenoxy) is 1. The lowest BCUT2D eigenvalue weighted by atomic mass is 9.96. The second kappa shape index (κ2) is 5.53. The molecule has 4 heteroatoms. The number of rotatable bonds is 5. The minimum atomic E-state index is -1.16. The molecule has 1 N–H and O–H groups in total. The lowest BCUT2D eigenvalue weighted by Crippen LogP contribution is -2.29. The van der Waals surface area contributed by atoms with Gasteiger partial charge >= 0.3 is 11.9 Å². The van der Waals surface area contributed by atoms with E-state index in [0.717, 1.165) is 18.6 Å². The van der Waals surface area contributed by atoms with Gasteiger partial charge in [0.15, 0.2) is 0 Å². The predicted octanol–water partition coefficient (Wildman–Crippen LogP) is 2.00. The molecule has 0 aliphatic heterocycles. The molecule has 0 aromatic carbocycles. The highest BCUT2D eigenvalue weighted by Crippen LogP contribution is 2.20. The molecule has 0 atom stereocenters. The standard InChI is InChI=1S/C11H18O4/c1-8(2)7-11(3,4)15-10(14)6-5-9(12)13/h5-6,8H,7H2,1-4H3,(H,12,13)/b6-5-. The molecule has 0 aromatic rings. The fourth-order valence-corrected chi connectivity index (χ4v) is 1.47. The van der Waals surface area contributed by atoms with Gasteiger partial charge in [-0.15, -0.1) is 0 Å². The minimum Gasteiger partial charge on any atom is -0.478 e. The number of esters is 1. The second-order valence-electron chi connectivity index (χ2n) is 4.45. The molecule has 0 amide bonds. The maximum Gasteiger partial charge on any atom is 0.331 e. The number of hydrogen-bond acceptors (Lipinski definition) is 3. The molecule has 0 heterocycles. The van der Waals surface area contributed by atoms with Gasteiger partial charge in [0.1, 0.15) is 5.60 Å². The summed E-state index contributed by atoms with van der Waals surface area (Å²) in [7, 11) is 0. The molecule has 0 unspecified atom stereocenters. The Morgan fingerprint density at radius 1 is 1.33 bits per heavy atom. The van der Waals surface area contributed by atoms with Crippen LogP contribution in [0.25, 0.3) is 0 Å². The van der Waals surface area contributed by atoms with Crippen molar-refractivity contribution < 1.29 is 19.4 Å². The van der Waals surface area contributed by atoms with E-state index >= 15 is 0 Å². The van der Waals surface area contributed by atoms with Gasteiger partial charge in [0, 0.05) is 12.2 Å². The average molecular weight is 214 g/mol. The third kappa shape index (κ3) is 7.73. The lowest BCUT2D eigenvalue weighted by Gasteiger charge is -2.26. The van der Waals surface area contributed by atoms with E-state index in [1.165, 1.54) is 0 Å². The summed E-state index contributed by atoms with van der Waals surface area (Å²) < 4.78 is 5.11. The van der Waals surface area contributed by atoms with Crippen molar-refractivity contribution in [3.63, 3.8) is 0 Å². The summed E-state index contributed by atoms with van der Waals surface area (Å²) >= 11 is 0. The van der Waals surface area contributed by atoms with E-state index in [1.807, 2.05) is 13.8 Å². The van der Waals surface area contributed by atoms with Gasteiger partial charge in [-0.1, -0.05) is 13.8 Å². The smallest absolute Gasteiger partial charge is 0.331 e. The van der Waals surface area contributed by atoms with Crippen molar-refractivity contribution in [1.29, 1.82) is 0 Å². The number of carboxylic acids is 1. The van der Waals surface area contributed by atoms with Crippen LogP contribution in [0.5, 0.6) is 0 Å². The largest absolute Gasteiger partial charge is 0.478 e. The number of hydrogen-bond donors (Lipinski definition) is 1. The van der Waals surface area contributed by atoms with E-state index in [9.17, 15) is 9.59 Å². The summed E-state index contributed by atoms with van der Waals surface area (Å²) in [4.78, 5) is 21.3. The molecule has 0 bridgehead atoms. The van der Waals surface area contributed by atoms with E-state index < -0.39 is 17.5 Å². The van der Waals surface area contributed by atoms with Crippen molar-refractivity contribution in [3.8, 4) is 0 Å². The molecule has 0 spiro atoms. The van der Waals surface area contributed by atoms with Gasteiger partial charge < -0.3 is 9.84 Å². The SMILES string of the molecule is CC(C)CC(C)(C)OC(=O)/C=C\C(=O)O. The average Bonchev–Trinajstić information content (AvgIpc) is 1.96. The van der Waals surface area contributed by atoms with E-state index in [4.69, 9.17) is 9.84 Å². The Morgan fingerprint density at radius 2 is 1.87 bits per heavy atom. The zero-order valence-electron chi connectivity index (χ0n) is 9.61. The molecular formula is C11H18O4. The first-order valence-corrected chi connectivity index (χ1v) is 4.87. The number of carboxylic acid groups (broad SMARTS) is 1. The predicted molar refractivity (Wildman–Crippen MR) is 56.4 cm³/mol. The van der Waals surface area contributed by atoms with Crippen LogP contribution in [0.1, 0.15) is 34.1 Å². The zero-order valence-corrected chi connectivity index (χ0v) is 9.61. The molecule has 15 heavy (non-hydrogen) atoms. The molecule has 0 saturated carbocycles. The van der Waals surface area contributed by atoms with Gasteiger partial charge in [-0.05, 0) is 26.2 Å². The van der Waals surface area contributed by atoms with Crippen LogP contribution in [-0.4, -0.2) is 22.6 Å². The topological polar surface area (TPSA) is 63.6 Å². The van der Waals surface area contributed by atoms with Gasteiger partial charge in [-0.2, -0.15) is 0 Å². The Hall–Kier alpha value is -1.32. The first kappa shape index (κ1) is 13.7. The highest BCUT2D eigenvalue weighted by atomic mass is 16.6. The number of aliphatic carboxylic acids is 1. The maximum absolute atomic E-state index is 11.2. The summed E-state index contributed by atoms with van der Waals surface area (Å²) in [6.07, 6.45) is 2.43. The van der Waals surface area contributed by atoms with Crippen LogP contribution in [0.4, 0.5) is 0 Å². The summed E-state index contributed by atoms with van der Waals surface area (Å²) in [5.41, 5.74) is -0.561. The fourth-order valence-electron chi connectivity index (χ4n) is 1.47. The first-order valence-electron chi connectivity index (χ1n) is 4.87. The van der Waals surface area contributed by atoms with Crippen LogP contribution >= 0.6 is 0 Å². The normalized spacial score (nSPS) is 12.1. The van der Waals surface area contributed by atoms with Crippen molar-refractivity contribution in [2.24, 2.45) is 5.92 Å². The lowest BCUT2D eigenvalue weighted by molar-refractivity contribution is -0.151. The molecule has 0 fully saturated rings. The minimum absolute atomic E-state index is 0.413. The maximum atomic E-state index is 11.2. The van der Waals surface area contributed by atoms with Crippen molar-refractivity contribution in [2.45, 2.75) is 39.7 Å². The van der Waals surface area contributed by atoms with E-state index in [-0.39, 0.29) is 0 Å². The molecule has 0 saturated heterocycles. The van der Waals surface area contributed by atoms with Crippen molar-refractivity contribution in [2.75, 3.05) is 0 Å². The Morgan fingerprint density at radius 3 is 2.27 bits per heavy atom. The molecule has 4 nitrogen and oxygen atoms in total. The molecule has 0 rings (SSSR count). The third-order valence-corrected chi connectivity index (χ3v) is 1.64.